The normalized spacial score (nSPS) is 16.3. The van der Waals surface area contributed by atoms with Gasteiger partial charge in [-0.05, 0) is 81.1 Å². The highest BCUT2D eigenvalue weighted by Gasteiger charge is 2.35. The van der Waals surface area contributed by atoms with Crippen LogP contribution < -0.4 is 18.5 Å². The maximum Gasteiger partial charge on any atom is 0.410 e. The van der Waals surface area contributed by atoms with Crippen LogP contribution in [0.2, 0.25) is 5.02 Å². The molecule has 0 spiro atoms. The topological polar surface area (TPSA) is 144 Å². The first kappa shape index (κ1) is 36.7. The number of nitrogens with zero attached hydrogens (tertiary/aromatic N) is 5. The first-order chi connectivity index (χ1) is 23.8. The molecule has 1 aliphatic heterocycles. The molecule has 0 unspecified atom stereocenters. The van der Waals surface area contributed by atoms with E-state index in [2.05, 4.69) is 15.4 Å². The van der Waals surface area contributed by atoms with E-state index < -0.39 is 21.7 Å². The molecule has 50 heavy (non-hydrogen) atoms. The fourth-order valence-corrected chi connectivity index (χ4v) is 8.00. The molecule has 2 atom stereocenters. The van der Waals surface area contributed by atoms with Gasteiger partial charge in [-0.25, -0.2) is 22.5 Å². The average molecular weight is 740 g/mol. The summed E-state index contributed by atoms with van der Waals surface area (Å²) in [6.07, 6.45) is 1.53. The van der Waals surface area contributed by atoms with Gasteiger partial charge in [-0.15, -0.1) is 0 Å². The summed E-state index contributed by atoms with van der Waals surface area (Å²) >= 11 is 7.08. The van der Waals surface area contributed by atoms with Crippen molar-refractivity contribution in [1.82, 2.24) is 14.3 Å². The van der Waals surface area contributed by atoms with Gasteiger partial charge in [0, 0.05) is 47.2 Å². The fraction of sp³-hybridized carbons (Fsp3) is 0.371. The molecule has 1 amide bonds. The molecule has 1 aliphatic rings. The Labute approximate surface area is 301 Å². The molecule has 1 aromatic heterocycles. The van der Waals surface area contributed by atoms with Crippen LogP contribution in [-0.2, 0) is 21.3 Å². The number of rotatable bonds is 11. The third kappa shape index (κ3) is 8.58. The van der Waals surface area contributed by atoms with E-state index >= 15 is 0 Å². The standard InChI is InChI=1S/C35H38ClN5O7S2/c1-35(2,3)48-34(42)40-15-14-30(23-6-9-27(36)10-7-23)26(19-40)21-47-31-13-12-29(16-25(31)18-37)50(43,44)41(33-38-22-39-49-33)20-24-8-11-28(45-4)17-32(24)46-5/h6-13,16-17,22,26,30H,14-15,19-21H2,1-5H3/t26-,30-/m1/s1. The molecular formula is C35H38ClN5O7S2. The number of ether oxygens (including phenoxy) is 4. The van der Waals surface area contributed by atoms with Gasteiger partial charge in [0.25, 0.3) is 10.0 Å². The second kappa shape index (κ2) is 15.5. The number of carbonyl (C=O) groups excluding carboxylic acids is 1. The van der Waals surface area contributed by atoms with Crippen molar-refractivity contribution in [3.05, 3.63) is 88.7 Å². The number of carbonyl (C=O) groups is 1. The number of hydrogen-bond acceptors (Lipinski definition) is 11. The summed E-state index contributed by atoms with van der Waals surface area (Å²) in [4.78, 5) is 18.7. The molecule has 0 radical (unpaired) electrons. The molecule has 1 saturated heterocycles. The highest BCUT2D eigenvalue weighted by molar-refractivity contribution is 7.93. The Kier molecular flexibility index (Phi) is 11.4. The molecule has 0 N–H and O–H groups in total. The van der Waals surface area contributed by atoms with Crippen LogP contribution in [0.25, 0.3) is 0 Å². The van der Waals surface area contributed by atoms with Gasteiger partial charge in [0.1, 0.15) is 35.2 Å². The summed E-state index contributed by atoms with van der Waals surface area (Å²) < 4.78 is 56.1. The lowest BCUT2D eigenvalue weighted by Crippen LogP contribution is -2.46. The number of hydrogen-bond donors (Lipinski definition) is 0. The van der Waals surface area contributed by atoms with Gasteiger partial charge in [-0.1, -0.05) is 23.7 Å². The van der Waals surface area contributed by atoms with Gasteiger partial charge in [-0.3, -0.25) is 0 Å². The second-order valence-corrected chi connectivity index (χ2v) is 15.7. The molecule has 3 aromatic carbocycles. The van der Waals surface area contributed by atoms with E-state index in [1.807, 2.05) is 45.0 Å². The zero-order chi connectivity index (χ0) is 36.1. The Morgan fingerprint density at radius 3 is 2.48 bits per heavy atom. The first-order valence-corrected chi connectivity index (χ1v) is 18.3. The predicted octanol–water partition coefficient (Wildman–Crippen LogP) is 6.90. The molecule has 15 heteroatoms. The molecule has 0 saturated carbocycles. The van der Waals surface area contributed by atoms with E-state index in [1.54, 1.807) is 23.1 Å². The lowest BCUT2D eigenvalue weighted by atomic mass is 9.81. The maximum atomic E-state index is 14.2. The van der Waals surface area contributed by atoms with Crippen LogP contribution in [0.15, 0.2) is 71.9 Å². The summed E-state index contributed by atoms with van der Waals surface area (Å²) in [6.45, 7) is 6.37. The fourth-order valence-electron chi connectivity index (χ4n) is 5.72. The first-order valence-electron chi connectivity index (χ1n) is 15.7. The minimum absolute atomic E-state index is 0.0338. The lowest BCUT2D eigenvalue weighted by Gasteiger charge is -2.39. The Bertz CT molecular complexity index is 1950. The van der Waals surface area contributed by atoms with Gasteiger partial charge in [0.2, 0.25) is 5.13 Å². The van der Waals surface area contributed by atoms with Gasteiger partial charge < -0.3 is 23.8 Å². The second-order valence-electron chi connectivity index (χ2n) is 12.6. The molecule has 12 nitrogen and oxygen atoms in total. The number of benzene rings is 3. The van der Waals surface area contributed by atoms with Gasteiger partial charge >= 0.3 is 6.09 Å². The van der Waals surface area contributed by atoms with Crippen LogP contribution in [0.1, 0.15) is 49.8 Å². The van der Waals surface area contributed by atoms with Crippen LogP contribution in [0.5, 0.6) is 17.2 Å². The van der Waals surface area contributed by atoms with Crippen LogP contribution in [0, 0.1) is 17.2 Å². The van der Waals surface area contributed by atoms with E-state index in [0.29, 0.717) is 41.6 Å². The number of aromatic nitrogens is 2. The number of anilines is 1. The Hall–Kier alpha value is -4.58. The van der Waals surface area contributed by atoms with Gasteiger partial charge in [-0.2, -0.15) is 9.64 Å². The molecular weight excluding hydrogens is 702 g/mol. The third-order valence-corrected chi connectivity index (χ3v) is 11.0. The monoisotopic (exact) mass is 739 g/mol. The van der Waals surface area contributed by atoms with E-state index in [4.69, 9.17) is 30.5 Å². The zero-order valence-corrected chi connectivity index (χ0v) is 30.7. The summed E-state index contributed by atoms with van der Waals surface area (Å²) in [5.41, 5.74) is 1.01. The maximum absolute atomic E-state index is 14.2. The molecule has 264 valence electrons. The van der Waals surface area contributed by atoms with Crippen LogP contribution >= 0.6 is 23.1 Å². The van der Waals surface area contributed by atoms with Crippen LogP contribution in [-0.4, -0.2) is 68.3 Å². The Morgan fingerprint density at radius 1 is 1.08 bits per heavy atom. The smallest absolute Gasteiger partial charge is 0.410 e. The van der Waals surface area contributed by atoms with Crippen molar-refractivity contribution in [1.29, 1.82) is 5.26 Å². The number of likely N-dealkylation sites (tertiary alicyclic amines) is 1. The van der Waals surface area contributed by atoms with Gasteiger partial charge in [0.15, 0.2) is 0 Å². The largest absolute Gasteiger partial charge is 0.497 e. The summed E-state index contributed by atoms with van der Waals surface area (Å²) in [7, 11) is -1.24. The van der Waals surface area contributed by atoms with Crippen LogP contribution in [0.4, 0.5) is 9.93 Å². The van der Waals surface area contributed by atoms with Crippen molar-refractivity contribution in [2.45, 2.75) is 50.2 Å². The zero-order valence-electron chi connectivity index (χ0n) is 28.3. The average Bonchev–Trinajstić information content (AvgIpc) is 3.63. The number of halogens is 1. The van der Waals surface area contributed by atoms with Gasteiger partial charge in [0.05, 0.1) is 37.8 Å². The molecule has 5 rings (SSSR count). The molecule has 2 heterocycles. The van der Waals surface area contributed by atoms with E-state index in [0.717, 1.165) is 21.4 Å². The number of nitriles is 1. The van der Waals surface area contributed by atoms with Crippen molar-refractivity contribution in [2.24, 2.45) is 5.92 Å². The third-order valence-electron chi connectivity index (χ3n) is 8.17. The molecule has 0 bridgehead atoms. The quantitative estimate of drug-likeness (QED) is 0.159. The molecule has 0 aliphatic carbocycles. The highest BCUT2D eigenvalue weighted by Crippen LogP contribution is 2.36. The van der Waals surface area contributed by atoms with E-state index in [1.165, 1.54) is 38.7 Å². The predicted molar refractivity (Wildman–Crippen MR) is 190 cm³/mol. The lowest BCUT2D eigenvalue weighted by molar-refractivity contribution is 0.0111. The number of amides is 1. The van der Waals surface area contributed by atoms with Crippen molar-refractivity contribution in [2.75, 3.05) is 38.2 Å². The van der Waals surface area contributed by atoms with Crippen molar-refractivity contribution < 1.29 is 32.2 Å². The molecule has 4 aromatic rings. The van der Waals surface area contributed by atoms with Crippen molar-refractivity contribution in [3.63, 3.8) is 0 Å². The summed E-state index contributed by atoms with van der Waals surface area (Å²) in [5.74, 6) is 1.07. The number of methoxy groups -OCH3 is 2. The molecule has 1 fully saturated rings. The van der Waals surface area contributed by atoms with Crippen molar-refractivity contribution >= 4 is 44.4 Å². The summed E-state index contributed by atoms with van der Waals surface area (Å²) in [6, 6.07) is 18.9. The van der Waals surface area contributed by atoms with Crippen LogP contribution in [0.3, 0.4) is 0 Å². The number of sulfonamides is 1. The Balaban J connectivity index is 1.40. The minimum atomic E-state index is -4.25. The number of piperidine rings is 1. The summed E-state index contributed by atoms with van der Waals surface area (Å²) in [5, 5.41) is 10.9. The minimum Gasteiger partial charge on any atom is -0.497 e. The Morgan fingerprint density at radius 2 is 1.84 bits per heavy atom. The SMILES string of the molecule is COc1ccc(CN(c2ncns2)S(=O)(=O)c2ccc(OC[C@H]3CN(C(=O)OC(C)(C)C)CC[C@@H]3c3ccc(Cl)cc3)c(C#N)c2)c(OC)c1. The van der Waals surface area contributed by atoms with E-state index in [-0.39, 0.29) is 46.3 Å². The highest BCUT2D eigenvalue weighted by atomic mass is 35.5. The van der Waals surface area contributed by atoms with Crippen molar-refractivity contribution in [3.8, 4) is 23.3 Å². The van der Waals surface area contributed by atoms with E-state index in [9.17, 15) is 18.5 Å².